The molecule has 0 unspecified atom stereocenters. The average molecular weight is 246 g/mol. The first-order valence-corrected chi connectivity index (χ1v) is 5.37. The Hall–Kier alpha value is -2.20. The second-order valence-electron chi connectivity index (χ2n) is 3.67. The quantitative estimate of drug-likeness (QED) is 0.668. The maximum absolute atomic E-state index is 13.1. The van der Waals surface area contributed by atoms with E-state index in [2.05, 4.69) is 0 Å². The molecule has 0 saturated carbocycles. The number of hydrogen-bond acceptors (Lipinski definition) is 3. The highest BCUT2D eigenvalue weighted by molar-refractivity contribution is 5.91. The number of ether oxygens (including phenoxy) is 1. The molecule has 4 heteroatoms. The van der Waals surface area contributed by atoms with Crippen LogP contribution in [-0.2, 0) is 6.61 Å². The first kappa shape index (κ1) is 12.3. The molecule has 0 aliphatic carbocycles. The van der Waals surface area contributed by atoms with E-state index in [1.807, 2.05) is 0 Å². The molecule has 18 heavy (non-hydrogen) atoms. The second kappa shape index (κ2) is 5.42. The van der Waals surface area contributed by atoms with Gasteiger partial charge >= 0.3 is 5.97 Å². The fraction of sp³-hybridized carbons (Fsp3) is 0.0714. The van der Waals surface area contributed by atoms with Crippen molar-refractivity contribution in [2.24, 2.45) is 0 Å². The van der Waals surface area contributed by atoms with Crippen molar-refractivity contribution >= 4 is 5.97 Å². The van der Waals surface area contributed by atoms with Gasteiger partial charge in [-0.1, -0.05) is 18.2 Å². The number of carbonyl (C=O) groups excluding carboxylic acids is 1. The zero-order valence-corrected chi connectivity index (χ0v) is 9.47. The summed E-state index contributed by atoms with van der Waals surface area (Å²) in [4.78, 5) is 11.8. The van der Waals surface area contributed by atoms with Gasteiger partial charge in [0.05, 0.1) is 12.2 Å². The van der Waals surface area contributed by atoms with E-state index >= 15 is 0 Å². The molecule has 3 nitrogen and oxygen atoms in total. The van der Waals surface area contributed by atoms with Crippen LogP contribution in [0.1, 0.15) is 15.9 Å². The molecule has 2 aromatic rings. The van der Waals surface area contributed by atoms with Crippen molar-refractivity contribution in [1.82, 2.24) is 0 Å². The van der Waals surface area contributed by atoms with E-state index < -0.39 is 18.4 Å². The first-order chi connectivity index (χ1) is 8.70. The average Bonchev–Trinajstić information content (AvgIpc) is 2.40. The molecule has 0 atom stereocenters. The number of halogens is 1. The molecule has 1 N–H and O–H groups in total. The SMILES string of the molecule is O=C(Oc1ccccc1)c1ccc(F)c(CO)c1. The topological polar surface area (TPSA) is 46.5 Å². The highest BCUT2D eigenvalue weighted by atomic mass is 19.1. The Labute approximate surface area is 103 Å². The lowest BCUT2D eigenvalue weighted by Crippen LogP contribution is -2.09. The van der Waals surface area contributed by atoms with Crippen LogP contribution in [0.5, 0.6) is 5.75 Å². The second-order valence-corrected chi connectivity index (χ2v) is 3.67. The molecule has 0 aliphatic rings. The van der Waals surface area contributed by atoms with Gasteiger partial charge in [-0.3, -0.25) is 0 Å². The van der Waals surface area contributed by atoms with Gasteiger partial charge < -0.3 is 9.84 Å². The van der Waals surface area contributed by atoms with Crippen molar-refractivity contribution in [2.45, 2.75) is 6.61 Å². The zero-order valence-electron chi connectivity index (χ0n) is 9.47. The standard InChI is InChI=1S/C14H11FO3/c15-13-7-6-10(8-11(13)9-16)14(17)18-12-4-2-1-3-5-12/h1-8,16H,9H2. The van der Waals surface area contributed by atoms with E-state index in [-0.39, 0.29) is 11.1 Å². The Morgan fingerprint density at radius 3 is 2.56 bits per heavy atom. The third-order valence-corrected chi connectivity index (χ3v) is 2.41. The predicted molar refractivity (Wildman–Crippen MR) is 63.7 cm³/mol. The van der Waals surface area contributed by atoms with Crippen molar-refractivity contribution in [2.75, 3.05) is 0 Å². The van der Waals surface area contributed by atoms with E-state index in [0.29, 0.717) is 5.75 Å². The van der Waals surface area contributed by atoms with Crippen molar-refractivity contribution < 1.29 is 19.0 Å². The summed E-state index contributed by atoms with van der Waals surface area (Å²) in [5, 5.41) is 8.92. The minimum Gasteiger partial charge on any atom is -0.423 e. The van der Waals surface area contributed by atoms with Crippen LogP contribution in [0.15, 0.2) is 48.5 Å². The Morgan fingerprint density at radius 1 is 1.17 bits per heavy atom. The lowest BCUT2D eigenvalue weighted by Gasteiger charge is -2.05. The third kappa shape index (κ3) is 2.73. The van der Waals surface area contributed by atoms with Crippen molar-refractivity contribution in [1.29, 1.82) is 0 Å². The summed E-state index contributed by atoms with van der Waals surface area (Å²) in [5.41, 5.74) is 0.266. The van der Waals surface area contributed by atoms with Gasteiger partial charge in [-0.2, -0.15) is 0 Å². The van der Waals surface area contributed by atoms with Crippen LogP contribution in [0.25, 0.3) is 0 Å². The maximum atomic E-state index is 13.1. The summed E-state index contributed by atoms with van der Waals surface area (Å²) in [6.45, 7) is -0.460. The molecule has 0 aliphatic heterocycles. The van der Waals surface area contributed by atoms with Crippen LogP contribution in [0, 0.1) is 5.82 Å². The molecule has 2 rings (SSSR count). The lowest BCUT2D eigenvalue weighted by molar-refractivity contribution is 0.0734. The number of rotatable bonds is 3. The number of aliphatic hydroxyl groups is 1. The van der Waals surface area contributed by atoms with E-state index in [9.17, 15) is 9.18 Å². The van der Waals surface area contributed by atoms with Gasteiger partial charge in [0.25, 0.3) is 0 Å². The van der Waals surface area contributed by atoms with Crippen LogP contribution in [0.2, 0.25) is 0 Å². The Kier molecular flexibility index (Phi) is 3.69. The van der Waals surface area contributed by atoms with Crippen molar-refractivity contribution in [3.63, 3.8) is 0 Å². The highest BCUT2D eigenvalue weighted by Gasteiger charge is 2.11. The largest absolute Gasteiger partial charge is 0.423 e. The summed E-state index contributed by atoms with van der Waals surface area (Å²) in [6.07, 6.45) is 0. The summed E-state index contributed by atoms with van der Waals surface area (Å²) >= 11 is 0. The molecule has 0 amide bonds. The number of para-hydroxylation sites is 1. The smallest absolute Gasteiger partial charge is 0.343 e. The molecule has 0 bridgehead atoms. The molecular weight excluding hydrogens is 235 g/mol. The Balaban J connectivity index is 2.19. The summed E-state index contributed by atoms with van der Waals surface area (Å²) in [5.74, 6) is -0.720. The van der Waals surface area contributed by atoms with Gasteiger partial charge in [-0.25, -0.2) is 9.18 Å². The van der Waals surface area contributed by atoms with Gasteiger partial charge in [0.2, 0.25) is 0 Å². The molecule has 0 fully saturated rings. The minimum absolute atomic E-state index is 0.0671. The van der Waals surface area contributed by atoms with Crippen molar-refractivity contribution in [3.8, 4) is 5.75 Å². The molecular formula is C14H11FO3. The zero-order chi connectivity index (χ0) is 13.0. The van der Waals surface area contributed by atoms with Gasteiger partial charge in [0, 0.05) is 5.56 Å². The summed E-state index contributed by atoms with van der Waals surface area (Å²) in [7, 11) is 0. The van der Waals surface area contributed by atoms with Gasteiger partial charge in [0.1, 0.15) is 11.6 Å². The van der Waals surface area contributed by atoms with Crippen LogP contribution in [-0.4, -0.2) is 11.1 Å². The van der Waals surface area contributed by atoms with E-state index in [4.69, 9.17) is 9.84 Å². The molecule has 0 saturated heterocycles. The summed E-state index contributed by atoms with van der Waals surface area (Å²) in [6, 6.07) is 12.3. The Bertz CT molecular complexity index is 552. The number of aliphatic hydroxyl groups excluding tert-OH is 1. The van der Waals surface area contributed by atoms with E-state index in [1.165, 1.54) is 12.1 Å². The first-order valence-electron chi connectivity index (χ1n) is 5.37. The minimum atomic E-state index is -0.587. The number of carbonyl (C=O) groups is 1. The molecule has 0 radical (unpaired) electrons. The number of hydrogen-bond donors (Lipinski definition) is 1. The van der Waals surface area contributed by atoms with Crippen LogP contribution < -0.4 is 4.74 Å². The summed E-state index contributed by atoms with van der Waals surface area (Å²) < 4.78 is 18.2. The van der Waals surface area contributed by atoms with Crippen LogP contribution in [0.3, 0.4) is 0 Å². The predicted octanol–water partition coefficient (Wildman–Crippen LogP) is 2.54. The maximum Gasteiger partial charge on any atom is 0.343 e. The van der Waals surface area contributed by atoms with Crippen LogP contribution >= 0.6 is 0 Å². The molecule has 92 valence electrons. The van der Waals surface area contributed by atoms with E-state index in [0.717, 1.165) is 6.07 Å². The fourth-order valence-electron chi connectivity index (χ4n) is 1.48. The monoisotopic (exact) mass is 246 g/mol. The highest BCUT2D eigenvalue weighted by Crippen LogP contribution is 2.14. The molecule has 0 heterocycles. The molecule has 0 spiro atoms. The normalized spacial score (nSPS) is 10.1. The number of benzene rings is 2. The number of esters is 1. The van der Waals surface area contributed by atoms with Gasteiger partial charge in [-0.05, 0) is 30.3 Å². The van der Waals surface area contributed by atoms with Crippen LogP contribution in [0.4, 0.5) is 4.39 Å². The van der Waals surface area contributed by atoms with E-state index in [1.54, 1.807) is 30.3 Å². The molecule has 0 aromatic heterocycles. The third-order valence-electron chi connectivity index (χ3n) is 2.41. The lowest BCUT2D eigenvalue weighted by atomic mass is 10.1. The van der Waals surface area contributed by atoms with Crippen molar-refractivity contribution in [3.05, 3.63) is 65.5 Å². The van der Waals surface area contributed by atoms with Gasteiger partial charge in [0.15, 0.2) is 0 Å². The Morgan fingerprint density at radius 2 is 1.89 bits per heavy atom. The van der Waals surface area contributed by atoms with Gasteiger partial charge in [-0.15, -0.1) is 0 Å². The fourth-order valence-corrected chi connectivity index (χ4v) is 1.48. The molecule has 2 aromatic carbocycles.